The number of ether oxygens (including phenoxy) is 1. The van der Waals surface area contributed by atoms with Gasteiger partial charge in [0.2, 0.25) is 0 Å². The van der Waals surface area contributed by atoms with E-state index in [0.29, 0.717) is 10.2 Å². The normalized spacial score (nSPS) is 10.1. The van der Waals surface area contributed by atoms with Crippen molar-refractivity contribution in [1.29, 1.82) is 0 Å². The molecule has 0 atom stereocenters. The highest BCUT2D eigenvalue weighted by atomic mass is 32.1. The molecule has 98 valence electrons. The van der Waals surface area contributed by atoms with Crippen molar-refractivity contribution in [2.24, 2.45) is 0 Å². The number of hydrogen-bond donors (Lipinski definition) is 2. The molecule has 0 saturated carbocycles. The Morgan fingerprint density at radius 2 is 2.32 bits per heavy atom. The molecule has 1 aromatic carbocycles. The number of thiazole rings is 1. The summed E-state index contributed by atoms with van der Waals surface area (Å²) >= 11 is 1.08. The number of carboxylic acids is 1. The zero-order chi connectivity index (χ0) is 13.8. The van der Waals surface area contributed by atoms with Crippen molar-refractivity contribution in [2.45, 2.75) is 0 Å². The number of aromatic carboxylic acids is 1. The smallest absolute Gasteiger partial charge is 0.413 e. The zero-order valence-electron chi connectivity index (χ0n) is 9.75. The van der Waals surface area contributed by atoms with Crippen molar-refractivity contribution in [3.8, 4) is 0 Å². The third-order valence-corrected chi connectivity index (χ3v) is 3.21. The molecule has 0 aliphatic rings. The van der Waals surface area contributed by atoms with Gasteiger partial charge in [-0.2, -0.15) is 0 Å². The van der Waals surface area contributed by atoms with Gasteiger partial charge in [0, 0.05) is 0 Å². The lowest BCUT2D eigenvalue weighted by Gasteiger charge is -2.00. The molecule has 7 heteroatoms. The van der Waals surface area contributed by atoms with Gasteiger partial charge in [-0.05, 0) is 12.1 Å². The zero-order valence-corrected chi connectivity index (χ0v) is 10.6. The van der Waals surface area contributed by atoms with Gasteiger partial charge in [-0.25, -0.2) is 14.6 Å². The average Bonchev–Trinajstić information content (AvgIpc) is 2.77. The maximum Gasteiger partial charge on any atom is 0.413 e. The third-order valence-electron chi connectivity index (χ3n) is 2.19. The number of carbonyl (C=O) groups excluding carboxylic acids is 1. The Hall–Kier alpha value is -2.41. The minimum atomic E-state index is -1.03. The van der Waals surface area contributed by atoms with Gasteiger partial charge in [-0.1, -0.05) is 30.1 Å². The van der Waals surface area contributed by atoms with Crippen molar-refractivity contribution in [3.05, 3.63) is 36.4 Å². The van der Waals surface area contributed by atoms with E-state index in [1.807, 2.05) is 0 Å². The standard InChI is InChI=1S/C12H10N2O4S/c1-2-6-18-12(17)14-11-13-8-5-3-4-7(10(15)16)9(8)19-11/h2-5H,1,6H2,(H,15,16)(H,13,14,17). The molecule has 1 heterocycles. The van der Waals surface area contributed by atoms with Gasteiger partial charge in [0.15, 0.2) is 5.13 Å². The van der Waals surface area contributed by atoms with E-state index in [-0.39, 0.29) is 17.3 Å². The van der Waals surface area contributed by atoms with Crippen molar-refractivity contribution < 1.29 is 19.4 Å². The second kappa shape index (κ2) is 5.49. The van der Waals surface area contributed by atoms with E-state index in [0.717, 1.165) is 11.3 Å². The highest BCUT2D eigenvalue weighted by molar-refractivity contribution is 7.22. The van der Waals surface area contributed by atoms with Crippen LogP contribution in [0.5, 0.6) is 0 Å². The van der Waals surface area contributed by atoms with Crippen LogP contribution in [-0.2, 0) is 4.74 Å². The molecule has 0 unspecified atom stereocenters. The number of rotatable bonds is 4. The number of aromatic nitrogens is 1. The van der Waals surface area contributed by atoms with Gasteiger partial charge >= 0.3 is 12.1 Å². The van der Waals surface area contributed by atoms with E-state index in [1.54, 1.807) is 12.1 Å². The Labute approximate surface area is 112 Å². The van der Waals surface area contributed by atoms with Crippen LogP contribution in [0.4, 0.5) is 9.93 Å². The fraction of sp³-hybridized carbons (Fsp3) is 0.0833. The predicted molar refractivity (Wildman–Crippen MR) is 71.7 cm³/mol. The van der Waals surface area contributed by atoms with Crippen LogP contribution in [-0.4, -0.2) is 28.8 Å². The lowest BCUT2D eigenvalue weighted by atomic mass is 10.2. The summed E-state index contributed by atoms with van der Waals surface area (Å²) in [5, 5.41) is 11.8. The van der Waals surface area contributed by atoms with Crippen LogP contribution in [0.25, 0.3) is 10.2 Å². The van der Waals surface area contributed by atoms with E-state index >= 15 is 0 Å². The Bertz CT molecular complexity index is 650. The number of nitrogens with zero attached hydrogens (tertiary/aromatic N) is 1. The van der Waals surface area contributed by atoms with Crippen LogP contribution in [0.3, 0.4) is 0 Å². The monoisotopic (exact) mass is 278 g/mol. The molecule has 1 amide bonds. The first kappa shape index (κ1) is 13.0. The average molecular weight is 278 g/mol. The maximum absolute atomic E-state index is 11.3. The van der Waals surface area contributed by atoms with Gasteiger partial charge in [-0.15, -0.1) is 0 Å². The first-order valence-electron chi connectivity index (χ1n) is 5.29. The first-order chi connectivity index (χ1) is 9.11. The molecule has 2 aromatic rings. The maximum atomic E-state index is 11.3. The molecule has 0 aliphatic heterocycles. The van der Waals surface area contributed by atoms with E-state index in [9.17, 15) is 9.59 Å². The summed E-state index contributed by atoms with van der Waals surface area (Å²) < 4.78 is 5.26. The van der Waals surface area contributed by atoms with Crippen molar-refractivity contribution in [3.63, 3.8) is 0 Å². The van der Waals surface area contributed by atoms with Crippen LogP contribution < -0.4 is 5.32 Å². The molecule has 0 bridgehead atoms. The van der Waals surface area contributed by atoms with Gasteiger partial charge in [0.1, 0.15) is 6.61 Å². The molecular formula is C12H10N2O4S. The number of fused-ring (bicyclic) bond motifs is 1. The minimum absolute atomic E-state index is 0.0943. The van der Waals surface area contributed by atoms with Crippen LogP contribution in [0.2, 0.25) is 0 Å². The molecule has 2 rings (SSSR count). The second-order valence-corrected chi connectivity index (χ2v) is 4.49. The first-order valence-corrected chi connectivity index (χ1v) is 6.11. The highest BCUT2D eigenvalue weighted by Gasteiger charge is 2.14. The molecule has 19 heavy (non-hydrogen) atoms. The fourth-order valence-electron chi connectivity index (χ4n) is 1.43. The van der Waals surface area contributed by atoms with E-state index in [4.69, 9.17) is 9.84 Å². The molecular weight excluding hydrogens is 268 g/mol. The number of nitrogens with one attached hydrogen (secondary N) is 1. The van der Waals surface area contributed by atoms with E-state index in [2.05, 4.69) is 16.9 Å². The molecule has 6 nitrogen and oxygen atoms in total. The number of benzene rings is 1. The molecule has 0 saturated heterocycles. The van der Waals surface area contributed by atoms with Crippen LogP contribution >= 0.6 is 11.3 Å². The molecule has 0 fully saturated rings. The van der Waals surface area contributed by atoms with Crippen molar-refractivity contribution in [2.75, 3.05) is 11.9 Å². The summed E-state index contributed by atoms with van der Waals surface area (Å²) in [4.78, 5) is 26.5. The summed E-state index contributed by atoms with van der Waals surface area (Å²) in [5.74, 6) is -1.03. The van der Waals surface area contributed by atoms with Gasteiger partial charge in [-0.3, -0.25) is 5.32 Å². The quantitative estimate of drug-likeness (QED) is 0.839. The summed E-state index contributed by atoms with van der Waals surface area (Å²) in [6, 6.07) is 4.77. The van der Waals surface area contributed by atoms with Crippen LogP contribution in [0.1, 0.15) is 10.4 Å². The Balaban J connectivity index is 2.26. The molecule has 1 aromatic heterocycles. The van der Waals surface area contributed by atoms with Crippen molar-refractivity contribution in [1.82, 2.24) is 4.98 Å². The molecule has 0 radical (unpaired) electrons. The SMILES string of the molecule is C=CCOC(=O)Nc1nc2cccc(C(=O)O)c2s1. The predicted octanol–water partition coefficient (Wildman–Crippen LogP) is 2.73. The Morgan fingerprint density at radius 3 is 3.00 bits per heavy atom. The number of amides is 1. The van der Waals surface area contributed by atoms with Crippen molar-refractivity contribution >= 4 is 38.7 Å². The van der Waals surface area contributed by atoms with Crippen LogP contribution in [0, 0.1) is 0 Å². The summed E-state index contributed by atoms with van der Waals surface area (Å²) in [5.41, 5.74) is 0.673. The minimum Gasteiger partial charge on any atom is -0.478 e. The number of carboxylic acid groups (broad SMARTS) is 1. The Kier molecular flexibility index (Phi) is 3.76. The number of anilines is 1. The van der Waals surface area contributed by atoms with Gasteiger partial charge in [0.05, 0.1) is 15.8 Å². The Morgan fingerprint density at radius 1 is 1.53 bits per heavy atom. The highest BCUT2D eigenvalue weighted by Crippen LogP contribution is 2.29. The number of hydrogen-bond acceptors (Lipinski definition) is 5. The summed E-state index contributed by atoms with van der Waals surface area (Å²) in [7, 11) is 0. The topological polar surface area (TPSA) is 88.5 Å². The lowest BCUT2D eigenvalue weighted by Crippen LogP contribution is -2.13. The van der Waals surface area contributed by atoms with Gasteiger partial charge < -0.3 is 9.84 Å². The van der Waals surface area contributed by atoms with E-state index < -0.39 is 12.1 Å². The largest absolute Gasteiger partial charge is 0.478 e. The summed E-state index contributed by atoms with van der Waals surface area (Å²) in [6.07, 6.45) is 0.788. The molecule has 0 spiro atoms. The van der Waals surface area contributed by atoms with Crippen LogP contribution in [0.15, 0.2) is 30.9 Å². The number of carbonyl (C=O) groups is 2. The van der Waals surface area contributed by atoms with E-state index in [1.165, 1.54) is 12.1 Å². The molecule has 2 N–H and O–H groups in total. The second-order valence-electron chi connectivity index (χ2n) is 3.49. The summed E-state index contributed by atoms with van der Waals surface area (Å²) in [6.45, 7) is 3.52. The fourth-order valence-corrected chi connectivity index (χ4v) is 2.38. The molecule has 0 aliphatic carbocycles. The third kappa shape index (κ3) is 2.89. The lowest BCUT2D eigenvalue weighted by molar-refractivity contribution is 0.0699. The van der Waals surface area contributed by atoms with Gasteiger partial charge in [0.25, 0.3) is 0 Å².